The van der Waals surface area contributed by atoms with Gasteiger partial charge < -0.3 is 9.80 Å². The fourth-order valence-corrected chi connectivity index (χ4v) is 5.18. The summed E-state index contributed by atoms with van der Waals surface area (Å²) in [6.45, 7) is 7.77. The lowest BCUT2D eigenvalue weighted by Crippen LogP contribution is -2.51. The van der Waals surface area contributed by atoms with Crippen LogP contribution in [0.1, 0.15) is 44.1 Å². The van der Waals surface area contributed by atoms with Crippen molar-refractivity contribution in [2.45, 2.75) is 51.0 Å². The molecule has 0 spiro atoms. The van der Waals surface area contributed by atoms with Crippen molar-refractivity contribution in [2.75, 3.05) is 45.8 Å². The minimum atomic E-state index is 0.257. The summed E-state index contributed by atoms with van der Waals surface area (Å²) < 4.78 is 0. The lowest BCUT2D eigenvalue weighted by atomic mass is 9.93. The fourth-order valence-electron chi connectivity index (χ4n) is 5.18. The van der Waals surface area contributed by atoms with Crippen LogP contribution in [0.25, 0.3) is 0 Å². The highest BCUT2D eigenvalue weighted by molar-refractivity contribution is 5.79. The Kier molecular flexibility index (Phi) is 6.46. The van der Waals surface area contributed by atoms with Crippen molar-refractivity contribution >= 4 is 5.91 Å². The van der Waals surface area contributed by atoms with Gasteiger partial charge in [-0.1, -0.05) is 30.3 Å². The molecule has 1 atom stereocenters. The maximum Gasteiger partial charge on any atom is 0.226 e. The number of hydrogen-bond donors (Lipinski definition) is 0. The van der Waals surface area contributed by atoms with Crippen molar-refractivity contribution in [3.63, 3.8) is 0 Å². The predicted molar refractivity (Wildman–Crippen MR) is 110 cm³/mol. The van der Waals surface area contributed by atoms with Crippen molar-refractivity contribution < 1.29 is 4.79 Å². The Balaban J connectivity index is 1.22. The van der Waals surface area contributed by atoms with Crippen LogP contribution < -0.4 is 0 Å². The van der Waals surface area contributed by atoms with E-state index in [1.807, 2.05) is 0 Å². The number of piperidine rings is 2. The molecule has 4 rings (SSSR count). The molecule has 4 heteroatoms. The van der Waals surface area contributed by atoms with Crippen molar-refractivity contribution in [3.05, 3.63) is 35.9 Å². The van der Waals surface area contributed by atoms with Gasteiger partial charge >= 0.3 is 0 Å². The normalized spacial score (nSPS) is 25.8. The monoisotopic (exact) mass is 369 g/mol. The van der Waals surface area contributed by atoms with Gasteiger partial charge in [-0.15, -0.1) is 0 Å². The third-order valence-corrected chi connectivity index (χ3v) is 6.85. The van der Waals surface area contributed by atoms with E-state index < -0.39 is 0 Å². The van der Waals surface area contributed by atoms with Crippen LogP contribution in [-0.4, -0.2) is 72.5 Å². The van der Waals surface area contributed by atoms with Crippen molar-refractivity contribution in [2.24, 2.45) is 5.92 Å². The van der Waals surface area contributed by atoms with Gasteiger partial charge in [0, 0.05) is 32.2 Å². The van der Waals surface area contributed by atoms with E-state index in [1.165, 1.54) is 63.8 Å². The number of nitrogens with zero attached hydrogens (tertiary/aromatic N) is 3. The van der Waals surface area contributed by atoms with E-state index >= 15 is 0 Å². The van der Waals surface area contributed by atoms with Crippen LogP contribution in [0.3, 0.4) is 0 Å². The van der Waals surface area contributed by atoms with Gasteiger partial charge in [-0.05, 0) is 70.1 Å². The van der Waals surface area contributed by atoms with Gasteiger partial charge in [-0.25, -0.2) is 0 Å². The van der Waals surface area contributed by atoms with Crippen LogP contribution in [0, 0.1) is 5.92 Å². The zero-order valence-electron chi connectivity index (χ0n) is 16.7. The fraction of sp³-hybridized carbons (Fsp3) is 0.696. The molecular formula is C23H35N3O. The molecular weight excluding hydrogens is 334 g/mol. The zero-order valence-corrected chi connectivity index (χ0v) is 16.7. The number of likely N-dealkylation sites (tertiary alicyclic amines) is 3. The molecule has 27 heavy (non-hydrogen) atoms. The van der Waals surface area contributed by atoms with Gasteiger partial charge in [-0.3, -0.25) is 9.69 Å². The van der Waals surface area contributed by atoms with Crippen LogP contribution in [0.5, 0.6) is 0 Å². The summed E-state index contributed by atoms with van der Waals surface area (Å²) in [5, 5.41) is 0. The zero-order chi connectivity index (χ0) is 18.5. The van der Waals surface area contributed by atoms with Crippen LogP contribution >= 0.6 is 0 Å². The number of carbonyl (C=O) groups excluding carboxylic acids is 1. The molecule has 0 unspecified atom stereocenters. The summed E-state index contributed by atoms with van der Waals surface area (Å²) in [5.74, 6) is 0.699. The summed E-state index contributed by atoms with van der Waals surface area (Å²) in [7, 11) is 0. The highest BCUT2D eigenvalue weighted by atomic mass is 16.2. The molecule has 3 heterocycles. The third-order valence-electron chi connectivity index (χ3n) is 6.85. The largest absolute Gasteiger partial charge is 0.342 e. The van der Waals surface area contributed by atoms with Crippen molar-refractivity contribution in [3.8, 4) is 0 Å². The average molecular weight is 370 g/mol. The smallest absolute Gasteiger partial charge is 0.226 e. The van der Waals surface area contributed by atoms with Crippen LogP contribution in [0.15, 0.2) is 30.3 Å². The summed E-state index contributed by atoms with van der Waals surface area (Å²) in [6.07, 6.45) is 8.37. The van der Waals surface area contributed by atoms with Gasteiger partial charge in [0.1, 0.15) is 0 Å². The highest BCUT2D eigenvalue weighted by Crippen LogP contribution is 2.26. The van der Waals surface area contributed by atoms with Crippen LogP contribution in [-0.2, 0) is 11.2 Å². The van der Waals surface area contributed by atoms with Crippen LogP contribution in [0.4, 0.5) is 0 Å². The third kappa shape index (κ3) is 4.91. The molecule has 148 valence electrons. The van der Waals surface area contributed by atoms with Crippen molar-refractivity contribution in [1.82, 2.24) is 14.7 Å². The Labute approximate surface area is 164 Å². The van der Waals surface area contributed by atoms with E-state index in [9.17, 15) is 4.79 Å². The number of amides is 1. The lowest BCUT2D eigenvalue weighted by molar-refractivity contribution is -0.136. The first kappa shape index (κ1) is 18.9. The van der Waals surface area contributed by atoms with Gasteiger partial charge in [-0.2, -0.15) is 0 Å². The molecule has 0 saturated carbocycles. The van der Waals surface area contributed by atoms with Gasteiger partial charge in [0.25, 0.3) is 0 Å². The Bertz CT molecular complexity index is 591. The molecule has 1 aromatic carbocycles. The minimum Gasteiger partial charge on any atom is -0.342 e. The summed E-state index contributed by atoms with van der Waals surface area (Å²) in [4.78, 5) is 20.2. The van der Waals surface area contributed by atoms with E-state index in [0.717, 1.165) is 32.5 Å². The second kappa shape index (κ2) is 9.20. The first-order chi connectivity index (χ1) is 13.3. The minimum absolute atomic E-state index is 0.257. The lowest BCUT2D eigenvalue weighted by Gasteiger charge is -2.42. The standard InChI is InChI=1S/C23H35N3O/c27-23(25-13-4-5-14-25)21-9-6-15-26(19-21)22-11-17-24(18-12-22)16-10-20-7-2-1-3-8-20/h1-3,7-8,21-22H,4-6,9-19H2/t21-/m1/s1. The summed E-state index contributed by atoms with van der Waals surface area (Å²) >= 11 is 0. The second-order valence-corrected chi connectivity index (χ2v) is 8.67. The second-order valence-electron chi connectivity index (χ2n) is 8.67. The molecule has 0 N–H and O–H groups in total. The Hall–Kier alpha value is -1.39. The van der Waals surface area contributed by atoms with E-state index in [2.05, 4.69) is 45.0 Å². The van der Waals surface area contributed by atoms with E-state index in [4.69, 9.17) is 0 Å². The first-order valence-corrected chi connectivity index (χ1v) is 11.1. The maximum absolute atomic E-state index is 12.8. The first-order valence-electron chi connectivity index (χ1n) is 11.1. The molecule has 4 nitrogen and oxygen atoms in total. The summed E-state index contributed by atoms with van der Waals surface area (Å²) in [6, 6.07) is 11.5. The number of rotatable bonds is 5. The maximum atomic E-state index is 12.8. The highest BCUT2D eigenvalue weighted by Gasteiger charge is 2.34. The average Bonchev–Trinajstić information content (AvgIpc) is 3.28. The Morgan fingerprint density at radius 2 is 1.63 bits per heavy atom. The molecule has 0 radical (unpaired) electrons. The molecule has 0 aliphatic carbocycles. The SMILES string of the molecule is O=C([C@@H]1CCCN(C2CCN(CCc3ccccc3)CC2)C1)N1CCCC1. The summed E-state index contributed by atoms with van der Waals surface area (Å²) in [5.41, 5.74) is 1.44. The quantitative estimate of drug-likeness (QED) is 0.798. The molecule has 1 aromatic rings. The predicted octanol–water partition coefficient (Wildman–Crippen LogP) is 3.03. The van der Waals surface area contributed by atoms with Crippen LogP contribution in [0.2, 0.25) is 0 Å². The number of benzene rings is 1. The topological polar surface area (TPSA) is 26.8 Å². The van der Waals surface area contributed by atoms with Gasteiger partial charge in [0.05, 0.1) is 5.92 Å². The molecule has 1 amide bonds. The van der Waals surface area contributed by atoms with Gasteiger partial charge in [0.15, 0.2) is 0 Å². The van der Waals surface area contributed by atoms with E-state index in [0.29, 0.717) is 11.9 Å². The van der Waals surface area contributed by atoms with E-state index in [-0.39, 0.29) is 5.92 Å². The molecule has 3 saturated heterocycles. The molecule has 3 aliphatic rings. The molecule has 3 aliphatic heterocycles. The van der Waals surface area contributed by atoms with E-state index in [1.54, 1.807) is 0 Å². The van der Waals surface area contributed by atoms with Gasteiger partial charge in [0.2, 0.25) is 5.91 Å². The molecule has 3 fully saturated rings. The molecule has 0 aromatic heterocycles. The van der Waals surface area contributed by atoms with Crippen molar-refractivity contribution in [1.29, 1.82) is 0 Å². The number of hydrogen-bond acceptors (Lipinski definition) is 3. The molecule has 0 bridgehead atoms. The Morgan fingerprint density at radius 1 is 0.889 bits per heavy atom. The Morgan fingerprint density at radius 3 is 2.37 bits per heavy atom. The number of carbonyl (C=O) groups is 1.